The second-order valence-corrected chi connectivity index (χ2v) is 6.95. The topological polar surface area (TPSA) is 107 Å². The molecule has 0 atom stereocenters. The van der Waals surface area contributed by atoms with Crippen molar-refractivity contribution in [2.45, 2.75) is 0 Å². The van der Waals surface area contributed by atoms with Gasteiger partial charge < -0.3 is 15.8 Å². The molecule has 0 saturated heterocycles. The molecule has 8 heteroatoms. The van der Waals surface area contributed by atoms with Crippen LogP contribution in [0.5, 0.6) is 5.75 Å². The zero-order chi connectivity index (χ0) is 21.4. The molecule has 0 spiro atoms. The highest BCUT2D eigenvalue weighted by Gasteiger charge is 2.15. The molecule has 1 amide bonds. The highest BCUT2D eigenvalue weighted by molar-refractivity contribution is 6.01. The van der Waals surface area contributed by atoms with Gasteiger partial charge in [-0.15, -0.1) is 15.3 Å². The van der Waals surface area contributed by atoms with Gasteiger partial charge in [0.2, 0.25) is 5.91 Å². The number of primary amides is 1. The van der Waals surface area contributed by atoms with Crippen molar-refractivity contribution in [3.05, 3.63) is 78.4 Å². The first-order valence-electron chi connectivity index (χ1n) is 9.59. The number of carbonyl (C=O) groups is 1. The molecule has 2 heterocycles. The third-order valence-electron chi connectivity index (χ3n) is 5.04. The van der Waals surface area contributed by atoms with Crippen molar-refractivity contribution >= 4 is 33.8 Å². The maximum absolute atomic E-state index is 11.3. The fourth-order valence-electron chi connectivity index (χ4n) is 3.45. The van der Waals surface area contributed by atoms with Gasteiger partial charge in [-0.3, -0.25) is 4.79 Å². The molecule has 0 fully saturated rings. The largest absolute Gasteiger partial charge is 0.497 e. The summed E-state index contributed by atoms with van der Waals surface area (Å²) in [5, 5.41) is 18.7. The molecular formula is C23H18N6O2. The first kappa shape index (κ1) is 18.6. The van der Waals surface area contributed by atoms with Crippen molar-refractivity contribution in [1.82, 2.24) is 19.8 Å². The molecule has 0 radical (unpaired) electrons. The van der Waals surface area contributed by atoms with Gasteiger partial charge in [-0.1, -0.05) is 24.3 Å². The average molecular weight is 410 g/mol. The lowest BCUT2D eigenvalue weighted by Gasteiger charge is -2.11. The molecule has 0 aliphatic carbocycles. The van der Waals surface area contributed by atoms with E-state index in [-0.39, 0.29) is 0 Å². The first-order valence-corrected chi connectivity index (χ1v) is 9.59. The molecule has 2 aromatic heterocycles. The number of aromatic nitrogens is 4. The number of nitrogens with two attached hydrogens (primary N) is 1. The highest BCUT2D eigenvalue weighted by Crippen LogP contribution is 2.29. The molecular weight excluding hydrogens is 392 g/mol. The fraction of sp³-hybridized carbons (Fsp3) is 0.0435. The summed E-state index contributed by atoms with van der Waals surface area (Å²) >= 11 is 0. The molecule has 3 N–H and O–H groups in total. The monoisotopic (exact) mass is 410 g/mol. The number of nitrogens with zero attached hydrogens (tertiary/aromatic N) is 4. The van der Waals surface area contributed by atoms with Gasteiger partial charge in [0.25, 0.3) is 0 Å². The number of methoxy groups -OCH3 is 1. The zero-order valence-electron chi connectivity index (χ0n) is 16.6. The maximum atomic E-state index is 11.3. The van der Waals surface area contributed by atoms with Crippen molar-refractivity contribution in [3.8, 4) is 17.1 Å². The van der Waals surface area contributed by atoms with Gasteiger partial charge >= 0.3 is 0 Å². The van der Waals surface area contributed by atoms with E-state index in [9.17, 15) is 4.79 Å². The summed E-state index contributed by atoms with van der Waals surface area (Å²) in [4.78, 5) is 11.3. The maximum Gasteiger partial charge on any atom is 0.248 e. The van der Waals surface area contributed by atoms with Gasteiger partial charge in [0.05, 0.1) is 7.11 Å². The second-order valence-electron chi connectivity index (χ2n) is 6.95. The molecule has 5 rings (SSSR count). The van der Waals surface area contributed by atoms with Crippen LogP contribution in [-0.4, -0.2) is 32.8 Å². The van der Waals surface area contributed by atoms with Crippen LogP contribution in [0.2, 0.25) is 0 Å². The number of fused-ring (bicyclic) bond motifs is 3. The third-order valence-corrected chi connectivity index (χ3v) is 5.04. The van der Waals surface area contributed by atoms with Gasteiger partial charge in [-0.2, -0.15) is 4.52 Å². The van der Waals surface area contributed by atoms with E-state index in [2.05, 4.69) is 15.5 Å². The number of nitrogens with one attached hydrogen (secondary N) is 1. The quantitative estimate of drug-likeness (QED) is 0.456. The van der Waals surface area contributed by atoms with E-state index in [0.717, 1.165) is 27.8 Å². The van der Waals surface area contributed by atoms with Crippen molar-refractivity contribution in [3.63, 3.8) is 0 Å². The Balaban J connectivity index is 1.65. The summed E-state index contributed by atoms with van der Waals surface area (Å²) in [5.74, 6) is 1.56. The summed E-state index contributed by atoms with van der Waals surface area (Å²) in [5.41, 5.74) is 8.09. The molecule has 3 aromatic carbocycles. The molecule has 152 valence electrons. The Bertz CT molecular complexity index is 1410. The van der Waals surface area contributed by atoms with Crippen molar-refractivity contribution in [1.29, 1.82) is 0 Å². The van der Waals surface area contributed by atoms with E-state index in [1.165, 1.54) is 0 Å². The van der Waals surface area contributed by atoms with E-state index in [0.29, 0.717) is 22.9 Å². The average Bonchev–Trinajstić information content (AvgIpc) is 3.24. The number of hydrogen-bond donors (Lipinski definition) is 2. The van der Waals surface area contributed by atoms with Gasteiger partial charge in [-0.05, 0) is 48.5 Å². The lowest BCUT2D eigenvalue weighted by atomic mass is 10.1. The van der Waals surface area contributed by atoms with E-state index in [1.54, 1.807) is 35.9 Å². The molecule has 0 aliphatic rings. The Kier molecular flexibility index (Phi) is 4.44. The highest BCUT2D eigenvalue weighted by atomic mass is 16.5. The van der Waals surface area contributed by atoms with Crippen LogP contribution in [0.1, 0.15) is 10.4 Å². The van der Waals surface area contributed by atoms with Crippen LogP contribution in [0.25, 0.3) is 27.8 Å². The summed E-state index contributed by atoms with van der Waals surface area (Å²) in [6.45, 7) is 0. The third kappa shape index (κ3) is 3.29. The molecule has 0 aliphatic heterocycles. The van der Waals surface area contributed by atoms with E-state index < -0.39 is 5.91 Å². The number of ether oxygens (including phenoxy) is 1. The Morgan fingerprint density at radius 3 is 2.32 bits per heavy atom. The van der Waals surface area contributed by atoms with E-state index in [4.69, 9.17) is 15.6 Å². The summed E-state index contributed by atoms with van der Waals surface area (Å²) in [7, 11) is 1.63. The van der Waals surface area contributed by atoms with Gasteiger partial charge in [0.15, 0.2) is 17.3 Å². The van der Waals surface area contributed by atoms with Crippen LogP contribution in [0.15, 0.2) is 72.8 Å². The number of benzene rings is 3. The Morgan fingerprint density at radius 2 is 1.65 bits per heavy atom. The predicted molar refractivity (Wildman–Crippen MR) is 119 cm³/mol. The van der Waals surface area contributed by atoms with Crippen molar-refractivity contribution in [2.24, 2.45) is 5.73 Å². The number of carbonyl (C=O) groups excluding carboxylic acids is 1. The smallest absolute Gasteiger partial charge is 0.248 e. The standard InChI is InChI=1S/C23H18N6O2/c1-31-17-12-8-15(9-13-17)22-26-27-23-19-5-3-2-4-18(19)21(28-29(22)23)25-16-10-6-14(7-11-16)20(24)30/h2-13H,1H3,(H2,24,30)(H,25,28). The van der Waals surface area contributed by atoms with Gasteiger partial charge in [0, 0.05) is 27.6 Å². The lowest BCUT2D eigenvalue weighted by Crippen LogP contribution is -2.10. The summed E-state index contributed by atoms with van der Waals surface area (Å²) < 4.78 is 6.97. The van der Waals surface area contributed by atoms with Crippen LogP contribution in [0.3, 0.4) is 0 Å². The molecule has 5 aromatic rings. The van der Waals surface area contributed by atoms with Crippen LogP contribution < -0.4 is 15.8 Å². The zero-order valence-corrected chi connectivity index (χ0v) is 16.6. The summed E-state index contributed by atoms with van der Waals surface area (Å²) in [6.07, 6.45) is 0. The molecule has 0 bridgehead atoms. The minimum absolute atomic E-state index is 0.444. The summed E-state index contributed by atoms with van der Waals surface area (Å²) in [6, 6.07) is 22.4. The van der Waals surface area contributed by atoms with Crippen LogP contribution in [0.4, 0.5) is 11.5 Å². The van der Waals surface area contributed by atoms with Crippen LogP contribution in [-0.2, 0) is 0 Å². The van der Waals surface area contributed by atoms with Crippen LogP contribution >= 0.6 is 0 Å². The number of anilines is 2. The Labute approximate surface area is 177 Å². The van der Waals surface area contributed by atoms with Crippen LogP contribution in [0, 0.1) is 0 Å². The van der Waals surface area contributed by atoms with E-state index >= 15 is 0 Å². The first-order chi connectivity index (χ1) is 15.1. The molecule has 31 heavy (non-hydrogen) atoms. The minimum atomic E-state index is -0.467. The Morgan fingerprint density at radius 1 is 0.935 bits per heavy atom. The second kappa shape index (κ2) is 7.42. The van der Waals surface area contributed by atoms with Crippen molar-refractivity contribution < 1.29 is 9.53 Å². The van der Waals surface area contributed by atoms with Gasteiger partial charge in [-0.25, -0.2) is 0 Å². The fourth-order valence-corrected chi connectivity index (χ4v) is 3.45. The Hall–Kier alpha value is -4.46. The minimum Gasteiger partial charge on any atom is -0.497 e. The molecule has 0 unspecified atom stereocenters. The molecule has 0 saturated carbocycles. The van der Waals surface area contributed by atoms with Crippen molar-refractivity contribution in [2.75, 3.05) is 12.4 Å². The van der Waals surface area contributed by atoms with E-state index in [1.807, 2.05) is 48.5 Å². The lowest BCUT2D eigenvalue weighted by molar-refractivity contribution is 0.100. The predicted octanol–water partition coefficient (Wildman–Crippen LogP) is 3.80. The number of rotatable bonds is 5. The molecule has 8 nitrogen and oxygen atoms in total. The number of hydrogen-bond acceptors (Lipinski definition) is 6. The SMILES string of the molecule is COc1ccc(-c2nnc3c4ccccc4c(Nc4ccc(C(N)=O)cc4)nn23)cc1. The van der Waals surface area contributed by atoms with Gasteiger partial charge in [0.1, 0.15) is 5.75 Å². The number of amides is 1. The normalized spacial score (nSPS) is 11.0.